The quantitative estimate of drug-likeness (QED) is 0.165. The van der Waals surface area contributed by atoms with Gasteiger partial charge in [0.1, 0.15) is 11.4 Å². The molecule has 0 radical (unpaired) electrons. The summed E-state index contributed by atoms with van der Waals surface area (Å²) in [6, 6.07) is 34.9. The van der Waals surface area contributed by atoms with Gasteiger partial charge in [0.05, 0.1) is 5.69 Å². The normalized spacial score (nSPS) is 24.9. The molecular formula is C49H49BN2OS. The molecule has 0 spiro atoms. The molecule has 1 aromatic heterocycles. The van der Waals surface area contributed by atoms with Crippen molar-refractivity contribution in [3.05, 3.63) is 119 Å². The molecule has 2 unspecified atom stereocenters. The molecule has 0 saturated heterocycles. The molecule has 1 fully saturated rings. The molecule has 270 valence electrons. The topological polar surface area (TPSA) is 15.7 Å². The Balaban J connectivity index is 1.29. The highest BCUT2D eigenvalue weighted by atomic mass is 32.1. The summed E-state index contributed by atoms with van der Waals surface area (Å²) in [5.74, 6) is 0.965. The maximum absolute atomic E-state index is 8.86. The molecule has 2 aliphatic carbocycles. The van der Waals surface area contributed by atoms with Crippen LogP contribution in [0.25, 0.3) is 10.1 Å². The first-order valence-electron chi connectivity index (χ1n) is 21.5. The molecule has 54 heavy (non-hydrogen) atoms. The van der Waals surface area contributed by atoms with E-state index in [4.69, 9.17) is 8.85 Å². The molecule has 3 nitrogen and oxygen atoms in total. The van der Waals surface area contributed by atoms with Crippen molar-refractivity contribution in [1.29, 1.82) is 0 Å². The second-order valence-electron chi connectivity index (χ2n) is 18.5. The van der Waals surface area contributed by atoms with E-state index in [1.165, 1.54) is 55.5 Å². The summed E-state index contributed by atoms with van der Waals surface area (Å²) in [7, 11) is 0. The van der Waals surface area contributed by atoms with E-state index in [1.54, 1.807) is 0 Å². The van der Waals surface area contributed by atoms with Gasteiger partial charge in [-0.25, -0.2) is 0 Å². The lowest BCUT2D eigenvalue weighted by Gasteiger charge is -2.44. The lowest BCUT2D eigenvalue weighted by molar-refractivity contribution is 0.00741. The highest BCUT2D eigenvalue weighted by molar-refractivity contribution is 7.33. The Morgan fingerprint density at radius 2 is 1.30 bits per heavy atom. The number of hydrogen-bond acceptors (Lipinski definition) is 4. The predicted octanol–water partition coefficient (Wildman–Crippen LogP) is 11.6. The minimum absolute atomic E-state index is 0.0376. The number of fused-ring (bicyclic) bond motifs is 10. The molecule has 5 aromatic carbocycles. The van der Waals surface area contributed by atoms with Gasteiger partial charge in [0.15, 0.2) is 0 Å². The van der Waals surface area contributed by atoms with E-state index in [0.29, 0.717) is 5.56 Å². The fourth-order valence-corrected chi connectivity index (χ4v) is 12.4. The van der Waals surface area contributed by atoms with Gasteiger partial charge in [0.25, 0.3) is 6.71 Å². The van der Waals surface area contributed by atoms with Crippen LogP contribution in [0, 0.1) is 6.85 Å². The lowest BCUT2D eigenvalue weighted by Crippen LogP contribution is -2.60. The van der Waals surface area contributed by atoms with Gasteiger partial charge in [-0.3, -0.25) is 0 Å². The fraction of sp³-hybridized carbons (Fsp3) is 0.347. The van der Waals surface area contributed by atoms with E-state index < -0.39 is 6.85 Å². The summed E-state index contributed by atoms with van der Waals surface area (Å²) >= 11 is 1.93. The van der Waals surface area contributed by atoms with Gasteiger partial charge in [0, 0.05) is 64.5 Å². The Labute approximate surface area is 329 Å². The molecular weight excluding hydrogens is 675 g/mol. The third-order valence-corrected chi connectivity index (χ3v) is 15.6. The third kappa shape index (κ3) is 4.25. The Morgan fingerprint density at radius 1 is 0.667 bits per heavy atom. The van der Waals surface area contributed by atoms with Crippen molar-refractivity contribution in [2.45, 2.75) is 109 Å². The van der Waals surface area contributed by atoms with Crippen LogP contribution in [0.5, 0.6) is 5.75 Å². The Hall–Kier alpha value is -4.48. The molecule has 11 rings (SSSR count). The maximum Gasteiger partial charge on any atom is 0.264 e. The number of para-hydroxylation sites is 2. The van der Waals surface area contributed by atoms with Gasteiger partial charge < -0.3 is 14.5 Å². The number of thiophene rings is 1. The molecule has 2 atom stereocenters. The largest absolute Gasteiger partial charge is 0.486 e. The molecule has 3 aliphatic heterocycles. The fourth-order valence-electron chi connectivity index (χ4n) is 11.1. The smallest absolute Gasteiger partial charge is 0.264 e. The number of ether oxygens (including phenoxy) is 1. The van der Waals surface area contributed by atoms with E-state index in [2.05, 4.69) is 130 Å². The first-order valence-corrected chi connectivity index (χ1v) is 20.8. The highest BCUT2D eigenvalue weighted by Gasteiger charge is 2.57. The zero-order valence-electron chi connectivity index (χ0n) is 35.3. The molecule has 6 aromatic rings. The van der Waals surface area contributed by atoms with Crippen LogP contribution in [-0.4, -0.2) is 12.3 Å². The van der Waals surface area contributed by atoms with Gasteiger partial charge in [-0.05, 0) is 133 Å². The Morgan fingerprint density at radius 3 is 1.98 bits per heavy atom. The number of anilines is 6. The monoisotopic (exact) mass is 727 g/mol. The first-order chi connectivity index (χ1) is 27.1. The van der Waals surface area contributed by atoms with Crippen LogP contribution in [0.4, 0.5) is 34.1 Å². The number of hydrogen-bond donors (Lipinski definition) is 0. The summed E-state index contributed by atoms with van der Waals surface area (Å²) in [6.07, 6.45) is 6.79. The zero-order chi connectivity index (χ0) is 39.4. The van der Waals surface area contributed by atoms with Crippen molar-refractivity contribution in [3.63, 3.8) is 0 Å². The van der Waals surface area contributed by atoms with Crippen molar-refractivity contribution in [3.8, 4) is 5.75 Å². The van der Waals surface area contributed by atoms with Gasteiger partial charge in [-0.15, -0.1) is 11.3 Å². The molecule has 5 heteroatoms. The summed E-state index contributed by atoms with van der Waals surface area (Å²) in [5, 5.41) is 1.25. The molecule has 5 aliphatic rings. The van der Waals surface area contributed by atoms with Crippen LogP contribution >= 0.6 is 11.3 Å². The van der Waals surface area contributed by atoms with E-state index in [0.717, 1.165) is 65.3 Å². The van der Waals surface area contributed by atoms with Crippen molar-refractivity contribution < 1.29 is 8.85 Å². The van der Waals surface area contributed by atoms with Crippen molar-refractivity contribution in [2.24, 2.45) is 0 Å². The van der Waals surface area contributed by atoms with E-state index in [1.807, 2.05) is 29.5 Å². The number of nitrogens with zero attached hydrogens (tertiary/aromatic N) is 2. The second kappa shape index (κ2) is 10.8. The van der Waals surface area contributed by atoms with Crippen LogP contribution in [0.3, 0.4) is 0 Å². The lowest BCUT2D eigenvalue weighted by atomic mass is 9.36. The SMILES string of the molecule is [2H]C([2H])([2H])c1cc2c3c(c1)N(c1ccccc1)c1c(sc4cc5c(cc14)C(C)(C)CCC5(C)C)B3c1cc3c(cc1N2c1ccccc1)OC1(C)CCCCC31C. The molecule has 0 N–H and O–H groups in total. The highest BCUT2D eigenvalue weighted by Crippen LogP contribution is 2.58. The average Bonchev–Trinajstić information content (AvgIpc) is 3.66. The minimum atomic E-state index is -2.32. The number of aryl methyl sites for hydroxylation is 1. The van der Waals surface area contributed by atoms with E-state index in [-0.39, 0.29) is 28.6 Å². The number of benzene rings is 5. The molecule has 0 amide bonds. The minimum Gasteiger partial charge on any atom is -0.486 e. The van der Waals surface area contributed by atoms with Crippen molar-refractivity contribution in [1.82, 2.24) is 0 Å². The zero-order valence-corrected chi connectivity index (χ0v) is 33.1. The third-order valence-electron chi connectivity index (χ3n) is 14.4. The van der Waals surface area contributed by atoms with Crippen molar-refractivity contribution in [2.75, 3.05) is 9.80 Å². The van der Waals surface area contributed by atoms with Crippen LogP contribution in [-0.2, 0) is 16.2 Å². The van der Waals surface area contributed by atoms with Gasteiger partial charge in [-0.1, -0.05) is 83.5 Å². The summed E-state index contributed by atoms with van der Waals surface area (Å²) in [4.78, 5) is 4.72. The average molecular weight is 728 g/mol. The van der Waals surface area contributed by atoms with Crippen LogP contribution < -0.4 is 30.2 Å². The van der Waals surface area contributed by atoms with Gasteiger partial charge in [0.2, 0.25) is 0 Å². The van der Waals surface area contributed by atoms with Gasteiger partial charge >= 0.3 is 0 Å². The predicted molar refractivity (Wildman–Crippen MR) is 231 cm³/mol. The first kappa shape index (κ1) is 29.8. The molecule has 1 saturated carbocycles. The second-order valence-corrected chi connectivity index (χ2v) is 19.5. The van der Waals surface area contributed by atoms with E-state index >= 15 is 0 Å². The van der Waals surface area contributed by atoms with Crippen LogP contribution in [0.2, 0.25) is 0 Å². The standard InChI is InChI=1S/C49H49BN2OS/c1-30-24-39-43-40(25-30)52(32-18-12-9-13-19-32)44-33-26-34-35(47(4,5)23-22-46(34,2)3)28-42(33)54-45(44)50(43)37-27-36-41(53-49(7)21-15-14-20-48(36,49)6)29-38(37)51(39)31-16-10-8-11-17-31/h8-13,16-19,24-29H,14-15,20-23H2,1-7H3/i1D3. The Kier molecular flexibility index (Phi) is 5.99. The van der Waals surface area contributed by atoms with Gasteiger partial charge in [-0.2, -0.15) is 0 Å². The van der Waals surface area contributed by atoms with Crippen LogP contribution in [0.1, 0.15) is 106 Å². The van der Waals surface area contributed by atoms with E-state index in [9.17, 15) is 0 Å². The molecule has 4 heterocycles. The molecule has 0 bridgehead atoms. The Bertz CT molecular complexity index is 2670. The number of rotatable bonds is 2. The summed E-state index contributed by atoms with van der Waals surface area (Å²) < 4.78 is 36.3. The summed E-state index contributed by atoms with van der Waals surface area (Å²) in [6.45, 7) is 12.0. The maximum atomic E-state index is 8.86. The van der Waals surface area contributed by atoms with Crippen molar-refractivity contribution >= 4 is 78.0 Å². The van der Waals surface area contributed by atoms with Crippen LogP contribution in [0.15, 0.2) is 97.1 Å². The summed E-state index contributed by atoms with van der Waals surface area (Å²) in [5.41, 5.74) is 12.8.